The molecule has 2 rings (SSSR count). The number of carbonyl (C=O) groups excluding carboxylic acids is 1. The van der Waals surface area contributed by atoms with Gasteiger partial charge in [0.15, 0.2) is 6.61 Å². The maximum absolute atomic E-state index is 11.6. The van der Waals surface area contributed by atoms with E-state index in [9.17, 15) is 4.79 Å². The van der Waals surface area contributed by atoms with Crippen LogP contribution < -0.4 is 10.1 Å². The predicted octanol–water partition coefficient (Wildman–Crippen LogP) is 2.19. The van der Waals surface area contributed by atoms with Gasteiger partial charge in [-0.2, -0.15) is 0 Å². The van der Waals surface area contributed by atoms with E-state index in [1.807, 2.05) is 43.5 Å². The second kappa shape index (κ2) is 6.89. The average Bonchev–Trinajstić information content (AvgIpc) is 2.83. The molecule has 1 heterocycles. The lowest BCUT2D eigenvalue weighted by atomic mass is 10.3. The van der Waals surface area contributed by atoms with Crippen molar-refractivity contribution in [3.63, 3.8) is 0 Å². The zero-order valence-electron chi connectivity index (χ0n) is 10.8. The van der Waals surface area contributed by atoms with E-state index in [1.165, 1.54) is 4.88 Å². The minimum Gasteiger partial charge on any atom is -0.484 e. The Morgan fingerprint density at radius 2 is 2.16 bits per heavy atom. The summed E-state index contributed by atoms with van der Waals surface area (Å²) in [6.45, 7) is 2.65. The molecular weight excluding hydrogens is 260 g/mol. The van der Waals surface area contributed by atoms with Crippen LogP contribution in [-0.2, 0) is 11.2 Å². The monoisotopic (exact) mass is 276 g/mol. The van der Waals surface area contributed by atoms with Gasteiger partial charge in [-0.15, -0.1) is 11.3 Å². The molecule has 1 amide bonds. The molecule has 5 heteroatoms. The first-order chi connectivity index (χ1) is 9.24. The molecule has 0 aliphatic heterocycles. The van der Waals surface area contributed by atoms with Crippen molar-refractivity contribution in [3.05, 3.63) is 46.4 Å². The molecule has 100 valence electrons. The lowest BCUT2D eigenvalue weighted by Gasteiger charge is -2.06. The van der Waals surface area contributed by atoms with E-state index in [0.29, 0.717) is 12.3 Å². The molecule has 0 saturated heterocycles. The number of aromatic nitrogens is 1. The molecule has 0 unspecified atom stereocenters. The highest BCUT2D eigenvalue weighted by atomic mass is 32.1. The van der Waals surface area contributed by atoms with Crippen molar-refractivity contribution in [3.8, 4) is 5.75 Å². The summed E-state index contributed by atoms with van der Waals surface area (Å²) in [5.41, 5.74) is 0. The summed E-state index contributed by atoms with van der Waals surface area (Å²) in [4.78, 5) is 17.0. The van der Waals surface area contributed by atoms with Gasteiger partial charge in [0.05, 0.1) is 5.01 Å². The Kier molecular flexibility index (Phi) is 4.92. The number of para-hydroxylation sites is 1. The van der Waals surface area contributed by atoms with Crippen LogP contribution >= 0.6 is 11.3 Å². The predicted molar refractivity (Wildman–Crippen MR) is 75.5 cm³/mol. The number of nitrogens with zero attached hydrogens (tertiary/aromatic N) is 1. The number of hydrogen-bond acceptors (Lipinski definition) is 4. The van der Waals surface area contributed by atoms with Gasteiger partial charge in [-0.3, -0.25) is 4.79 Å². The van der Waals surface area contributed by atoms with Crippen molar-refractivity contribution < 1.29 is 9.53 Å². The Labute approximate surface area is 116 Å². The van der Waals surface area contributed by atoms with Gasteiger partial charge in [0, 0.05) is 24.0 Å². The van der Waals surface area contributed by atoms with Gasteiger partial charge in [-0.25, -0.2) is 4.98 Å². The zero-order chi connectivity index (χ0) is 13.5. The molecule has 1 aromatic carbocycles. The number of rotatable bonds is 6. The van der Waals surface area contributed by atoms with Crippen molar-refractivity contribution >= 4 is 17.2 Å². The fourth-order valence-corrected chi connectivity index (χ4v) is 2.33. The van der Waals surface area contributed by atoms with E-state index in [4.69, 9.17) is 4.74 Å². The van der Waals surface area contributed by atoms with Gasteiger partial charge in [0.2, 0.25) is 0 Å². The largest absolute Gasteiger partial charge is 0.484 e. The van der Waals surface area contributed by atoms with Crippen molar-refractivity contribution in [2.24, 2.45) is 0 Å². The molecule has 1 aromatic heterocycles. The Morgan fingerprint density at radius 1 is 1.37 bits per heavy atom. The molecule has 4 nitrogen and oxygen atoms in total. The number of ether oxygens (including phenoxy) is 1. The number of amides is 1. The quantitative estimate of drug-likeness (QED) is 0.880. The highest BCUT2D eigenvalue weighted by Gasteiger charge is 2.03. The van der Waals surface area contributed by atoms with Crippen molar-refractivity contribution in [1.29, 1.82) is 0 Å². The summed E-state index contributed by atoms with van der Waals surface area (Å²) < 4.78 is 5.35. The van der Waals surface area contributed by atoms with Gasteiger partial charge < -0.3 is 10.1 Å². The first kappa shape index (κ1) is 13.5. The zero-order valence-corrected chi connectivity index (χ0v) is 11.6. The molecular formula is C14H16N2O2S. The van der Waals surface area contributed by atoms with Crippen LogP contribution in [0.4, 0.5) is 0 Å². The molecule has 0 atom stereocenters. The number of hydrogen-bond donors (Lipinski definition) is 1. The number of aryl methyl sites for hydroxylation is 1. The van der Waals surface area contributed by atoms with Crippen LogP contribution in [0.3, 0.4) is 0 Å². The standard InChI is InChI=1S/C14H16N2O2S/c1-11-9-16-14(19-11)7-8-15-13(17)10-18-12-5-3-2-4-6-12/h2-6,9H,7-8,10H2,1H3,(H,15,17). The van der Waals surface area contributed by atoms with E-state index < -0.39 is 0 Å². The molecule has 0 bridgehead atoms. The van der Waals surface area contributed by atoms with Crippen molar-refractivity contribution in [2.45, 2.75) is 13.3 Å². The second-order valence-corrected chi connectivity index (χ2v) is 5.39. The topological polar surface area (TPSA) is 51.2 Å². The molecule has 0 saturated carbocycles. The SMILES string of the molecule is Cc1cnc(CCNC(=O)COc2ccccc2)s1. The number of carbonyl (C=O) groups is 1. The number of nitrogens with one attached hydrogen (secondary N) is 1. The molecule has 2 aromatic rings. The molecule has 0 aliphatic carbocycles. The lowest BCUT2D eigenvalue weighted by molar-refractivity contribution is -0.123. The maximum Gasteiger partial charge on any atom is 0.257 e. The molecule has 0 fully saturated rings. The summed E-state index contributed by atoms with van der Waals surface area (Å²) in [7, 11) is 0. The molecule has 0 aliphatic rings. The van der Waals surface area contributed by atoms with Crippen LogP contribution in [0.15, 0.2) is 36.5 Å². The summed E-state index contributed by atoms with van der Waals surface area (Å²) in [5.74, 6) is 0.588. The Morgan fingerprint density at radius 3 is 2.84 bits per heavy atom. The maximum atomic E-state index is 11.6. The summed E-state index contributed by atoms with van der Waals surface area (Å²) in [5, 5.41) is 3.86. The van der Waals surface area contributed by atoms with Gasteiger partial charge in [-0.05, 0) is 19.1 Å². The normalized spacial score (nSPS) is 10.2. The molecule has 19 heavy (non-hydrogen) atoms. The van der Waals surface area contributed by atoms with Crippen LogP contribution in [0.5, 0.6) is 5.75 Å². The highest BCUT2D eigenvalue weighted by molar-refractivity contribution is 7.11. The molecule has 0 radical (unpaired) electrons. The van der Waals surface area contributed by atoms with E-state index >= 15 is 0 Å². The third-order valence-electron chi connectivity index (χ3n) is 2.44. The van der Waals surface area contributed by atoms with E-state index in [-0.39, 0.29) is 12.5 Å². The third kappa shape index (κ3) is 4.71. The minimum atomic E-state index is -0.114. The Balaban J connectivity index is 1.65. The van der Waals surface area contributed by atoms with Crippen LogP contribution in [0.2, 0.25) is 0 Å². The van der Waals surface area contributed by atoms with E-state index in [2.05, 4.69) is 10.3 Å². The number of benzene rings is 1. The second-order valence-electron chi connectivity index (χ2n) is 4.07. The summed E-state index contributed by atoms with van der Waals surface area (Å²) >= 11 is 1.66. The first-order valence-corrected chi connectivity index (χ1v) is 6.91. The smallest absolute Gasteiger partial charge is 0.257 e. The van der Waals surface area contributed by atoms with Crippen LogP contribution in [-0.4, -0.2) is 24.0 Å². The third-order valence-corrected chi connectivity index (χ3v) is 3.42. The van der Waals surface area contributed by atoms with Crippen molar-refractivity contribution in [2.75, 3.05) is 13.2 Å². The van der Waals surface area contributed by atoms with Gasteiger partial charge in [-0.1, -0.05) is 18.2 Å². The number of thiazole rings is 1. The van der Waals surface area contributed by atoms with Gasteiger partial charge in [0.25, 0.3) is 5.91 Å². The molecule has 0 spiro atoms. The summed E-state index contributed by atoms with van der Waals surface area (Å²) in [6, 6.07) is 9.30. The Hall–Kier alpha value is -1.88. The van der Waals surface area contributed by atoms with Crippen LogP contribution in [0, 0.1) is 6.92 Å². The fraction of sp³-hybridized carbons (Fsp3) is 0.286. The highest BCUT2D eigenvalue weighted by Crippen LogP contribution is 2.11. The first-order valence-electron chi connectivity index (χ1n) is 6.10. The fourth-order valence-electron chi connectivity index (χ4n) is 1.54. The van der Waals surface area contributed by atoms with E-state index in [0.717, 1.165) is 11.4 Å². The van der Waals surface area contributed by atoms with Crippen LogP contribution in [0.1, 0.15) is 9.88 Å². The summed E-state index contributed by atoms with van der Waals surface area (Å²) in [6.07, 6.45) is 2.61. The van der Waals surface area contributed by atoms with Crippen LogP contribution in [0.25, 0.3) is 0 Å². The average molecular weight is 276 g/mol. The minimum absolute atomic E-state index is 0.0426. The van der Waals surface area contributed by atoms with Crippen molar-refractivity contribution in [1.82, 2.24) is 10.3 Å². The van der Waals surface area contributed by atoms with Gasteiger partial charge >= 0.3 is 0 Å². The lowest BCUT2D eigenvalue weighted by Crippen LogP contribution is -2.30. The molecule has 1 N–H and O–H groups in total. The Bertz CT molecular complexity index is 525. The van der Waals surface area contributed by atoms with E-state index in [1.54, 1.807) is 11.3 Å². The van der Waals surface area contributed by atoms with Gasteiger partial charge in [0.1, 0.15) is 5.75 Å².